The van der Waals surface area contributed by atoms with Gasteiger partial charge in [-0.25, -0.2) is 0 Å². The van der Waals surface area contributed by atoms with Crippen LogP contribution in [-0.2, 0) is 11.2 Å². The average molecular weight is 379 g/mol. The number of hydrogen-bond donors (Lipinski definition) is 2. The number of hydrogen-bond acceptors (Lipinski definition) is 3. The van der Waals surface area contributed by atoms with Crippen LogP contribution in [-0.4, -0.2) is 23.9 Å². The number of rotatable bonds is 6. The fourth-order valence-corrected chi connectivity index (χ4v) is 2.40. The Hall–Kier alpha value is -2.08. The van der Waals surface area contributed by atoms with E-state index in [-0.39, 0.29) is 17.9 Å². The summed E-state index contributed by atoms with van der Waals surface area (Å²) in [5, 5.41) is 5.55. The molecule has 6 heteroatoms. The summed E-state index contributed by atoms with van der Waals surface area (Å²) in [7, 11) is 0. The van der Waals surface area contributed by atoms with Crippen molar-refractivity contribution in [3.05, 3.63) is 58.5 Å². The zero-order chi connectivity index (χ0) is 16.8. The Kier molecular flexibility index (Phi) is 5.98. The highest BCUT2D eigenvalue weighted by Crippen LogP contribution is 2.12. The van der Waals surface area contributed by atoms with E-state index in [1.165, 1.54) is 12.5 Å². The van der Waals surface area contributed by atoms with Crippen LogP contribution in [0.3, 0.4) is 0 Å². The summed E-state index contributed by atoms with van der Waals surface area (Å²) in [6, 6.07) is 8.86. The maximum Gasteiger partial charge on any atom is 0.255 e. The summed E-state index contributed by atoms with van der Waals surface area (Å²) in [6.45, 7) is 3.59. The van der Waals surface area contributed by atoms with Gasteiger partial charge in [0.15, 0.2) is 0 Å². The van der Waals surface area contributed by atoms with E-state index in [1.54, 1.807) is 13.0 Å². The van der Waals surface area contributed by atoms with Crippen molar-refractivity contribution in [2.24, 2.45) is 0 Å². The van der Waals surface area contributed by atoms with E-state index in [1.807, 2.05) is 31.2 Å². The first-order chi connectivity index (χ1) is 11.0. The number of carbonyl (C=O) groups is 2. The lowest BCUT2D eigenvalue weighted by Gasteiger charge is -2.18. The number of benzene rings is 1. The van der Waals surface area contributed by atoms with Crippen LogP contribution in [0.1, 0.15) is 29.8 Å². The van der Waals surface area contributed by atoms with Gasteiger partial charge in [0.2, 0.25) is 5.91 Å². The Morgan fingerprint density at radius 2 is 1.83 bits per heavy atom. The topological polar surface area (TPSA) is 71.3 Å². The van der Waals surface area contributed by atoms with Crippen molar-refractivity contribution < 1.29 is 14.0 Å². The molecule has 0 saturated carbocycles. The van der Waals surface area contributed by atoms with E-state index in [2.05, 4.69) is 26.6 Å². The predicted octanol–water partition coefficient (Wildman–Crippen LogP) is 2.91. The molecule has 23 heavy (non-hydrogen) atoms. The minimum atomic E-state index is -0.621. The van der Waals surface area contributed by atoms with Gasteiger partial charge in [0.05, 0.1) is 11.8 Å². The summed E-state index contributed by atoms with van der Waals surface area (Å²) >= 11 is 3.39. The molecule has 2 rings (SSSR count). The van der Waals surface area contributed by atoms with Crippen LogP contribution in [0.5, 0.6) is 0 Å². The molecule has 5 nitrogen and oxygen atoms in total. The van der Waals surface area contributed by atoms with Crippen molar-refractivity contribution in [2.45, 2.75) is 32.4 Å². The van der Waals surface area contributed by atoms with Gasteiger partial charge in [-0.2, -0.15) is 0 Å². The molecule has 1 aromatic heterocycles. The van der Waals surface area contributed by atoms with Gasteiger partial charge < -0.3 is 15.1 Å². The monoisotopic (exact) mass is 378 g/mol. The average Bonchev–Trinajstić information content (AvgIpc) is 3.03. The van der Waals surface area contributed by atoms with Gasteiger partial charge in [0.25, 0.3) is 5.91 Å². The first kappa shape index (κ1) is 17.3. The minimum absolute atomic E-state index is 0.0306. The molecule has 122 valence electrons. The van der Waals surface area contributed by atoms with Gasteiger partial charge >= 0.3 is 0 Å². The normalized spacial score (nSPS) is 13.2. The fourth-order valence-electron chi connectivity index (χ4n) is 2.13. The van der Waals surface area contributed by atoms with Crippen LogP contribution in [0.4, 0.5) is 0 Å². The highest BCUT2D eigenvalue weighted by Gasteiger charge is 2.18. The number of furan rings is 1. The molecule has 0 aliphatic carbocycles. The summed E-state index contributed by atoms with van der Waals surface area (Å²) in [5.41, 5.74) is 1.53. The predicted molar refractivity (Wildman–Crippen MR) is 91.1 cm³/mol. The molecule has 0 radical (unpaired) electrons. The number of nitrogens with one attached hydrogen (secondary N) is 2. The lowest BCUT2D eigenvalue weighted by molar-refractivity contribution is -0.123. The quantitative estimate of drug-likeness (QED) is 0.811. The summed E-state index contributed by atoms with van der Waals surface area (Å²) in [6.07, 6.45) is 3.48. The Morgan fingerprint density at radius 3 is 2.43 bits per heavy atom. The minimum Gasteiger partial charge on any atom is -0.472 e. The van der Waals surface area contributed by atoms with Gasteiger partial charge in [0, 0.05) is 10.5 Å². The molecule has 0 fully saturated rings. The fraction of sp³-hybridized carbons (Fsp3) is 0.294. The summed E-state index contributed by atoms with van der Waals surface area (Å²) in [5.74, 6) is -0.548. The van der Waals surface area contributed by atoms with Gasteiger partial charge in [-0.05, 0) is 44.0 Å². The second-order valence-corrected chi connectivity index (χ2v) is 6.36. The van der Waals surface area contributed by atoms with Crippen LogP contribution in [0.15, 0.2) is 51.7 Å². The van der Waals surface area contributed by atoms with Crippen LogP contribution in [0.25, 0.3) is 0 Å². The number of carbonyl (C=O) groups excluding carboxylic acids is 2. The summed E-state index contributed by atoms with van der Waals surface area (Å²) in [4.78, 5) is 24.0. The highest BCUT2D eigenvalue weighted by atomic mass is 79.9. The maximum atomic E-state index is 12.1. The van der Waals surface area contributed by atoms with Gasteiger partial charge in [-0.3, -0.25) is 9.59 Å². The molecular weight excluding hydrogens is 360 g/mol. The molecule has 2 amide bonds. The highest BCUT2D eigenvalue weighted by molar-refractivity contribution is 9.10. The van der Waals surface area contributed by atoms with Gasteiger partial charge in [0.1, 0.15) is 12.3 Å². The van der Waals surface area contributed by atoms with E-state index in [0.29, 0.717) is 5.56 Å². The maximum absolute atomic E-state index is 12.1. The zero-order valence-electron chi connectivity index (χ0n) is 13.0. The van der Waals surface area contributed by atoms with Gasteiger partial charge in [-0.15, -0.1) is 0 Å². The third-order valence-electron chi connectivity index (χ3n) is 3.37. The molecule has 1 aromatic carbocycles. The van der Waals surface area contributed by atoms with E-state index in [9.17, 15) is 9.59 Å². The van der Waals surface area contributed by atoms with Crippen LogP contribution in [0.2, 0.25) is 0 Å². The Balaban J connectivity index is 1.82. The molecule has 0 saturated heterocycles. The van der Waals surface area contributed by atoms with E-state index in [4.69, 9.17) is 4.42 Å². The molecule has 2 atom stereocenters. The molecule has 0 unspecified atom stereocenters. The zero-order valence-corrected chi connectivity index (χ0v) is 14.6. The van der Waals surface area contributed by atoms with Gasteiger partial charge in [-0.1, -0.05) is 28.1 Å². The van der Waals surface area contributed by atoms with Crippen molar-refractivity contribution >= 4 is 27.7 Å². The first-order valence-corrected chi connectivity index (χ1v) is 8.13. The largest absolute Gasteiger partial charge is 0.472 e. The van der Waals surface area contributed by atoms with Crippen molar-refractivity contribution in [3.63, 3.8) is 0 Å². The Morgan fingerprint density at radius 1 is 1.13 bits per heavy atom. The van der Waals surface area contributed by atoms with Crippen molar-refractivity contribution in [2.75, 3.05) is 0 Å². The Labute approximate surface area is 143 Å². The van der Waals surface area contributed by atoms with Crippen LogP contribution < -0.4 is 10.6 Å². The number of halogens is 1. The first-order valence-electron chi connectivity index (χ1n) is 7.33. The third-order valence-corrected chi connectivity index (χ3v) is 3.90. The lowest BCUT2D eigenvalue weighted by Crippen LogP contribution is -2.47. The molecule has 0 aliphatic rings. The SMILES string of the molecule is C[C@H](NC(=O)c1ccoc1)C(=O)N[C@@H](C)Cc1ccc(Br)cc1. The standard InChI is InChI=1S/C17H19BrN2O3/c1-11(9-13-3-5-15(18)6-4-13)19-16(21)12(2)20-17(22)14-7-8-23-10-14/h3-8,10-12H,9H2,1-2H3,(H,19,21)(H,20,22)/t11-,12-/m0/s1. The van der Waals surface area contributed by atoms with Crippen LogP contribution >= 0.6 is 15.9 Å². The molecule has 0 aliphatic heterocycles. The molecule has 0 bridgehead atoms. The molecule has 1 heterocycles. The molecule has 0 spiro atoms. The van der Waals surface area contributed by atoms with E-state index < -0.39 is 6.04 Å². The van der Waals surface area contributed by atoms with Crippen LogP contribution in [0, 0.1) is 0 Å². The van der Waals surface area contributed by atoms with Crippen molar-refractivity contribution in [1.29, 1.82) is 0 Å². The third kappa shape index (κ3) is 5.25. The molecular formula is C17H19BrN2O3. The van der Waals surface area contributed by atoms with E-state index in [0.717, 1.165) is 16.5 Å². The van der Waals surface area contributed by atoms with Crippen molar-refractivity contribution in [1.82, 2.24) is 10.6 Å². The number of amides is 2. The second kappa shape index (κ2) is 7.97. The lowest BCUT2D eigenvalue weighted by atomic mass is 10.1. The second-order valence-electron chi connectivity index (χ2n) is 5.45. The van der Waals surface area contributed by atoms with Crippen molar-refractivity contribution in [3.8, 4) is 0 Å². The molecule has 2 N–H and O–H groups in total. The Bertz CT molecular complexity index is 653. The smallest absolute Gasteiger partial charge is 0.255 e. The summed E-state index contributed by atoms with van der Waals surface area (Å²) < 4.78 is 5.87. The van der Waals surface area contributed by atoms with E-state index >= 15 is 0 Å². The molecule has 2 aromatic rings.